The van der Waals surface area contributed by atoms with Gasteiger partial charge < -0.3 is 15.4 Å². The summed E-state index contributed by atoms with van der Waals surface area (Å²) in [5, 5.41) is 32.0. The molecule has 0 aliphatic heterocycles. The van der Waals surface area contributed by atoms with Gasteiger partial charge in [-0.15, -0.1) is 0 Å². The van der Waals surface area contributed by atoms with E-state index in [1.807, 2.05) is 18.2 Å². The van der Waals surface area contributed by atoms with E-state index < -0.39 is 18.1 Å². The maximum absolute atomic E-state index is 11.8. The van der Waals surface area contributed by atoms with Crippen LogP contribution in [-0.2, 0) is 0 Å². The Labute approximate surface area is 104 Å². The van der Waals surface area contributed by atoms with Gasteiger partial charge in [0.1, 0.15) is 12.2 Å². The van der Waals surface area contributed by atoms with Crippen molar-refractivity contribution in [3.05, 3.63) is 70.7 Å². The van der Waals surface area contributed by atoms with E-state index in [1.165, 1.54) is 6.20 Å². The Balaban J connectivity index is 2.16. The van der Waals surface area contributed by atoms with Crippen molar-refractivity contribution in [1.29, 1.82) is 0 Å². The number of rotatable bonds is 1. The van der Waals surface area contributed by atoms with Gasteiger partial charge in [-0.2, -0.15) is 4.73 Å². The summed E-state index contributed by atoms with van der Waals surface area (Å²) < 4.78 is 0.739. The second-order valence-corrected chi connectivity index (χ2v) is 4.49. The van der Waals surface area contributed by atoms with E-state index in [0.717, 1.165) is 10.3 Å². The van der Waals surface area contributed by atoms with Crippen LogP contribution in [0.1, 0.15) is 28.8 Å². The fourth-order valence-corrected chi connectivity index (χ4v) is 2.63. The van der Waals surface area contributed by atoms with Crippen molar-refractivity contribution in [3.8, 4) is 0 Å². The Hall–Kier alpha value is -1.91. The number of nitrogens with zero attached hydrogens (tertiary/aromatic N) is 1. The van der Waals surface area contributed by atoms with Gasteiger partial charge in [0.2, 0.25) is 5.69 Å². The van der Waals surface area contributed by atoms with E-state index in [0.29, 0.717) is 11.3 Å². The summed E-state index contributed by atoms with van der Waals surface area (Å²) in [7, 11) is 0. The van der Waals surface area contributed by atoms with Crippen LogP contribution in [0.2, 0.25) is 0 Å². The fourth-order valence-electron chi connectivity index (χ4n) is 2.63. The zero-order valence-electron chi connectivity index (χ0n) is 9.60. The maximum Gasteiger partial charge on any atom is 0.202 e. The molecule has 3 atom stereocenters. The molecule has 4 heteroatoms. The average Bonchev–Trinajstić information content (AvgIpc) is 2.64. The van der Waals surface area contributed by atoms with E-state index in [1.54, 1.807) is 24.3 Å². The first-order chi connectivity index (χ1) is 8.70. The number of aliphatic hydroxyl groups excluding tert-OH is 2. The van der Waals surface area contributed by atoms with E-state index in [-0.39, 0.29) is 0 Å². The third-order valence-electron chi connectivity index (χ3n) is 3.49. The van der Waals surface area contributed by atoms with Crippen molar-refractivity contribution in [2.24, 2.45) is 0 Å². The van der Waals surface area contributed by atoms with Crippen LogP contribution in [0, 0.1) is 5.21 Å². The minimum atomic E-state index is -0.981. The summed E-state index contributed by atoms with van der Waals surface area (Å²) in [6.45, 7) is 0. The molecule has 4 nitrogen and oxygen atoms in total. The summed E-state index contributed by atoms with van der Waals surface area (Å²) >= 11 is 0. The lowest BCUT2D eigenvalue weighted by atomic mass is 9.95. The van der Waals surface area contributed by atoms with Gasteiger partial charge in [0.15, 0.2) is 6.20 Å². The van der Waals surface area contributed by atoms with Crippen LogP contribution in [0.4, 0.5) is 0 Å². The van der Waals surface area contributed by atoms with Crippen molar-refractivity contribution in [2.75, 3.05) is 0 Å². The van der Waals surface area contributed by atoms with E-state index >= 15 is 0 Å². The van der Waals surface area contributed by atoms with Crippen LogP contribution in [-0.4, -0.2) is 16.3 Å². The van der Waals surface area contributed by atoms with Gasteiger partial charge in [-0.05, 0) is 17.2 Å². The zero-order chi connectivity index (χ0) is 12.7. The first-order valence-electron chi connectivity index (χ1n) is 5.83. The lowest BCUT2D eigenvalue weighted by Crippen LogP contribution is -2.36. The SMILES string of the molecule is [O-][n+]1ccccc1[C@@H]1c2ccccc2C(O)[C@H]1O. The van der Waals surface area contributed by atoms with Crippen LogP contribution >= 0.6 is 0 Å². The lowest BCUT2D eigenvalue weighted by molar-refractivity contribution is -0.615. The first-order valence-corrected chi connectivity index (χ1v) is 5.83. The molecule has 0 saturated heterocycles. The number of benzene rings is 1. The largest absolute Gasteiger partial charge is 0.618 e. The molecule has 1 aromatic heterocycles. The predicted octanol–water partition coefficient (Wildman–Crippen LogP) is 0.860. The summed E-state index contributed by atoms with van der Waals surface area (Å²) in [5.41, 5.74) is 1.96. The molecular formula is C14H13NO3. The van der Waals surface area contributed by atoms with Gasteiger partial charge in [-0.1, -0.05) is 24.3 Å². The molecule has 92 valence electrons. The number of pyridine rings is 1. The number of hydrogen-bond acceptors (Lipinski definition) is 3. The minimum Gasteiger partial charge on any atom is -0.618 e. The third kappa shape index (κ3) is 1.50. The Morgan fingerprint density at radius 3 is 2.33 bits per heavy atom. The fraction of sp³-hybridized carbons (Fsp3) is 0.214. The second-order valence-electron chi connectivity index (χ2n) is 4.49. The molecule has 0 radical (unpaired) electrons. The Bertz CT molecular complexity index is 585. The van der Waals surface area contributed by atoms with Gasteiger partial charge in [0.05, 0.1) is 5.92 Å². The van der Waals surface area contributed by atoms with Crippen LogP contribution in [0.5, 0.6) is 0 Å². The van der Waals surface area contributed by atoms with Crippen molar-refractivity contribution >= 4 is 0 Å². The summed E-state index contributed by atoms with van der Waals surface area (Å²) in [6, 6.07) is 12.3. The molecule has 1 aliphatic rings. The number of fused-ring (bicyclic) bond motifs is 1. The first kappa shape index (κ1) is 11.2. The van der Waals surface area contributed by atoms with E-state index in [9.17, 15) is 15.4 Å². The highest BCUT2D eigenvalue weighted by atomic mass is 16.5. The molecule has 2 aromatic rings. The highest BCUT2D eigenvalue weighted by Crippen LogP contribution is 2.42. The molecule has 0 amide bonds. The van der Waals surface area contributed by atoms with Crippen molar-refractivity contribution in [1.82, 2.24) is 0 Å². The molecule has 1 aromatic carbocycles. The third-order valence-corrected chi connectivity index (χ3v) is 3.49. The van der Waals surface area contributed by atoms with Crippen molar-refractivity contribution < 1.29 is 14.9 Å². The van der Waals surface area contributed by atoms with Gasteiger partial charge >= 0.3 is 0 Å². The van der Waals surface area contributed by atoms with Crippen LogP contribution < -0.4 is 4.73 Å². The van der Waals surface area contributed by atoms with Gasteiger partial charge in [-0.25, -0.2) is 0 Å². The molecule has 2 N–H and O–H groups in total. The Kier molecular flexibility index (Phi) is 2.54. The van der Waals surface area contributed by atoms with Gasteiger partial charge in [-0.3, -0.25) is 0 Å². The molecule has 0 bridgehead atoms. The Morgan fingerprint density at radius 1 is 0.944 bits per heavy atom. The molecule has 0 fully saturated rings. The summed E-state index contributed by atoms with van der Waals surface area (Å²) in [5.74, 6) is -0.477. The quantitative estimate of drug-likeness (QED) is 0.576. The van der Waals surface area contributed by atoms with Crippen LogP contribution in [0.15, 0.2) is 48.7 Å². The molecule has 3 rings (SSSR count). The Morgan fingerprint density at radius 2 is 1.61 bits per heavy atom. The van der Waals surface area contributed by atoms with Gasteiger partial charge in [0.25, 0.3) is 0 Å². The van der Waals surface area contributed by atoms with E-state index in [4.69, 9.17) is 0 Å². The highest BCUT2D eigenvalue weighted by Gasteiger charge is 2.42. The van der Waals surface area contributed by atoms with Gasteiger partial charge in [0, 0.05) is 12.1 Å². The second kappa shape index (κ2) is 4.08. The maximum atomic E-state index is 11.8. The molecule has 18 heavy (non-hydrogen) atoms. The zero-order valence-corrected chi connectivity index (χ0v) is 9.60. The monoisotopic (exact) mass is 243 g/mol. The summed E-state index contributed by atoms with van der Waals surface area (Å²) in [4.78, 5) is 0. The highest BCUT2D eigenvalue weighted by molar-refractivity contribution is 5.43. The molecule has 1 heterocycles. The molecule has 0 spiro atoms. The lowest BCUT2D eigenvalue weighted by Gasteiger charge is -2.16. The molecule has 1 unspecified atom stereocenters. The minimum absolute atomic E-state index is 0.453. The van der Waals surface area contributed by atoms with Crippen molar-refractivity contribution in [3.63, 3.8) is 0 Å². The normalized spacial score (nSPS) is 26.0. The van der Waals surface area contributed by atoms with E-state index in [2.05, 4.69) is 0 Å². The predicted molar refractivity (Wildman–Crippen MR) is 64.7 cm³/mol. The average molecular weight is 243 g/mol. The smallest absolute Gasteiger partial charge is 0.202 e. The number of hydrogen-bond donors (Lipinski definition) is 2. The van der Waals surface area contributed by atoms with Crippen LogP contribution in [0.25, 0.3) is 0 Å². The molecular weight excluding hydrogens is 230 g/mol. The summed E-state index contributed by atoms with van der Waals surface area (Å²) in [6.07, 6.45) is -0.522. The standard InChI is InChI=1S/C14H13NO3/c16-13-10-6-2-1-5-9(10)12(14(13)17)11-7-3-4-8-15(11)18/h1-8,12-14,16-17H/t12-,13?,14-/m0/s1. The topological polar surface area (TPSA) is 67.4 Å². The molecule has 0 saturated carbocycles. The molecule has 1 aliphatic carbocycles. The van der Waals surface area contributed by atoms with Crippen LogP contribution in [0.3, 0.4) is 0 Å². The number of aliphatic hydroxyl groups is 2. The van der Waals surface area contributed by atoms with Crippen molar-refractivity contribution in [2.45, 2.75) is 18.1 Å². The number of aromatic nitrogens is 1.